The van der Waals surface area contributed by atoms with Crippen LogP contribution in [0.2, 0.25) is 0 Å². The number of methoxy groups -OCH3 is 2. The van der Waals surface area contributed by atoms with Crippen molar-refractivity contribution in [3.8, 4) is 0 Å². The fourth-order valence-electron chi connectivity index (χ4n) is 1.89. The number of fused-ring (bicyclic) bond motifs is 1. The summed E-state index contributed by atoms with van der Waals surface area (Å²) in [7, 11) is 2.71. The van der Waals surface area contributed by atoms with Crippen LogP contribution in [0.4, 0.5) is 0 Å². The third-order valence-corrected chi connectivity index (χ3v) is 2.90. The average molecular weight is 258 g/mol. The number of esters is 2. The van der Waals surface area contributed by atoms with Gasteiger partial charge in [0.05, 0.1) is 26.2 Å². The second-order valence-corrected chi connectivity index (χ2v) is 4.14. The largest absolute Gasteiger partial charge is 0.469 e. The number of carbonyl (C=O) groups is 2. The first-order valence-electron chi connectivity index (χ1n) is 5.82. The van der Waals surface area contributed by atoms with Gasteiger partial charge in [0.15, 0.2) is 0 Å². The minimum absolute atomic E-state index is 0.217. The number of ether oxygens (including phenoxy) is 2. The Morgan fingerprint density at radius 3 is 2.37 bits per heavy atom. The van der Waals surface area contributed by atoms with Crippen molar-refractivity contribution in [2.45, 2.75) is 6.42 Å². The molecule has 0 aromatic heterocycles. The van der Waals surface area contributed by atoms with Gasteiger partial charge < -0.3 is 9.47 Å². The summed E-state index contributed by atoms with van der Waals surface area (Å²) in [5.74, 6) is -0.663. The molecular weight excluding hydrogens is 244 g/mol. The van der Waals surface area contributed by atoms with Crippen molar-refractivity contribution < 1.29 is 19.1 Å². The monoisotopic (exact) mass is 258 g/mol. The molecule has 2 rings (SSSR count). The molecule has 0 bridgehead atoms. The number of benzene rings is 2. The SMILES string of the molecule is COC(=O)Cc1ccc2ccc(C(=O)OC)cc2c1. The third-order valence-electron chi connectivity index (χ3n) is 2.90. The van der Waals surface area contributed by atoms with Crippen molar-refractivity contribution >= 4 is 22.7 Å². The van der Waals surface area contributed by atoms with Crippen LogP contribution in [-0.2, 0) is 20.7 Å². The zero-order chi connectivity index (χ0) is 13.8. The third kappa shape index (κ3) is 2.91. The van der Waals surface area contributed by atoms with Crippen LogP contribution in [-0.4, -0.2) is 26.2 Å². The topological polar surface area (TPSA) is 52.6 Å². The smallest absolute Gasteiger partial charge is 0.337 e. The first kappa shape index (κ1) is 13.1. The highest BCUT2D eigenvalue weighted by Crippen LogP contribution is 2.19. The van der Waals surface area contributed by atoms with E-state index in [9.17, 15) is 9.59 Å². The molecule has 4 nitrogen and oxygen atoms in total. The number of hydrogen-bond acceptors (Lipinski definition) is 4. The van der Waals surface area contributed by atoms with Gasteiger partial charge in [-0.1, -0.05) is 24.3 Å². The molecule has 0 amide bonds. The van der Waals surface area contributed by atoms with Gasteiger partial charge in [0.2, 0.25) is 0 Å². The molecule has 98 valence electrons. The van der Waals surface area contributed by atoms with Gasteiger partial charge in [-0.25, -0.2) is 4.79 Å². The molecular formula is C15H14O4. The summed E-state index contributed by atoms with van der Waals surface area (Å²) in [6, 6.07) is 11.0. The van der Waals surface area contributed by atoms with Crippen LogP contribution >= 0.6 is 0 Å². The van der Waals surface area contributed by atoms with Crippen LogP contribution < -0.4 is 0 Å². The lowest BCUT2D eigenvalue weighted by Gasteiger charge is -2.05. The first-order chi connectivity index (χ1) is 9.13. The summed E-state index contributed by atoms with van der Waals surface area (Å²) >= 11 is 0. The van der Waals surface area contributed by atoms with E-state index < -0.39 is 0 Å². The van der Waals surface area contributed by atoms with Gasteiger partial charge in [0.1, 0.15) is 0 Å². The molecule has 0 aliphatic carbocycles. The van der Waals surface area contributed by atoms with Gasteiger partial charge in [0, 0.05) is 0 Å². The lowest BCUT2D eigenvalue weighted by molar-refractivity contribution is -0.139. The van der Waals surface area contributed by atoms with E-state index in [1.807, 2.05) is 24.3 Å². The van der Waals surface area contributed by atoms with Crippen LogP contribution in [0.3, 0.4) is 0 Å². The van der Waals surface area contributed by atoms with Gasteiger partial charge in [0.25, 0.3) is 0 Å². The normalized spacial score (nSPS) is 10.2. The summed E-state index contributed by atoms with van der Waals surface area (Å²) in [5.41, 5.74) is 1.34. The molecule has 0 unspecified atom stereocenters. The van der Waals surface area contributed by atoms with Crippen molar-refractivity contribution in [2.24, 2.45) is 0 Å². The Labute approximate surface area is 110 Å². The molecule has 0 N–H and O–H groups in total. The summed E-state index contributed by atoms with van der Waals surface area (Å²) in [6.07, 6.45) is 0.217. The molecule has 0 aliphatic rings. The maximum Gasteiger partial charge on any atom is 0.337 e. The highest BCUT2D eigenvalue weighted by Gasteiger charge is 2.07. The molecule has 0 spiro atoms. The van der Waals surface area contributed by atoms with Crippen molar-refractivity contribution in [3.63, 3.8) is 0 Å². The second kappa shape index (κ2) is 5.52. The molecule has 0 heterocycles. The molecule has 0 radical (unpaired) electrons. The number of carbonyl (C=O) groups excluding carboxylic acids is 2. The highest BCUT2D eigenvalue weighted by molar-refractivity contribution is 5.95. The summed E-state index contributed by atoms with van der Waals surface area (Å²) in [5, 5.41) is 1.89. The van der Waals surface area contributed by atoms with E-state index in [0.29, 0.717) is 5.56 Å². The zero-order valence-electron chi connectivity index (χ0n) is 10.8. The highest BCUT2D eigenvalue weighted by atomic mass is 16.5. The zero-order valence-corrected chi connectivity index (χ0v) is 10.8. The first-order valence-corrected chi connectivity index (χ1v) is 5.82. The average Bonchev–Trinajstić information content (AvgIpc) is 2.45. The lowest BCUT2D eigenvalue weighted by atomic mass is 10.0. The Balaban J connectivity index is 2.39. The molecule has 0 saturated carbocycles. The predicted octanol–water partition coefficient (Wildman–Crippen LogP) is 2.34. The van der Waals surface area contributed by atoms with Gasteiger partial charge in [-0.15, -0.1) is 0 Å². The molecule has 4 heteroatoms. The standard InChI is InChI=1S/C15H14O4/c1-18-14(16)8-10-3-4-11-5-6-12(15(17)19-2)9-13(11)7-10/h3-7,9H,8H2,1-2H3. The Kier molecular flexibility index (Phi) is 3.80. The van der Waals surface area contributed by atoms with Crippen molar-refractivity contribution in [3.05, 3.63) is 47.5 Å². The van der Waals surface area contributed by atoms with Gasteiger partial charge in [-0.05, 0) is 28.5 Å². The van der Waals surface area contributed by atoms with E-state index in [1.54, 1.807) is 12.1 Å². The van der Waals surface area contributed by atoms with E-state index in [-0.39, 0.29) is 18.4 Å². The second-order valence-electron chi connectivity index (χ2n) is 4.14. The van der Waals surface area contributed by atoms with E-state index in [2.05, 4.69) is 9.47 Å². The summed E-state index contributed by atoms with van der Waals surface area (Å²) < 4.78 is 9.32. The Hall–Kier alpha value is -2.36. The van der Waals surface area contributed by atoms with Crippen LogP contribution in [0, 0.1) is 0 Å². The number of hydrogen-bond donors (Lipinski definition) is 0. The van der Waals surface area contributed by atoms with Crippen molar-refractivity contribution in [1.29, 1.82) is 0 Å². The molecule has 0 fully saturated rings. The minimum atomic E-state index is -0.375. The number of rotatable bonds is 3. The van der Waals surface area contributed by atoms with Crippen molar-refractivity contribution in [2.75, 3.05) is 14.2 Å². The van der Waals surface area contributed by atoms with Crippen LogP contribution in [0.25, 0.3) is 10.8 Å². The van der Waals surface area contributed by atoms with Crippen LogP contribution in [0.15, 0.2) is 36.4 Å². The van der Waals surface area contributed by atoms with Gasteiger partial charge in [-0.3, -0.25) is 4.79 Å². The lowest BCUT2D eigenvalue weighted by Crippen LogP contribution is -2.04. The van der Waals surface area contributed by atoms with Crippen LogP contribution in [0.5, 0.6) is 0 Å². The maximum atomic E-state index is 11.5. The van der Waals surface area contributed by atoms with Crippen molar-refractivity contribution in [1.82, 2.24) is 0 Å². The predicted molar refractivity (Wildman–Crippen MR) is 71.0 cm³/mol. The Bertz CT molecular complexity index is 631. The molecule has 0 atom stereocenters. The minimum Gasteiger partial charge on any atom is -0.469 e. The molecule has 19 heavy (non-hydrogen) atoms. The fourth-order valence-corrected chi connectivity index (χ4v) is 1.89. The molecule has 2 aromatic rings. The fraction of sp³-hybridized carbons (Fsp3) is 0.200. The summed E-state index contributed by atoms with van der Waals surface area (Å²) in [4.78, 5) is 22.7. The van der Waals surface area contributed by atoms with E-state index in [1.165, 1.54) is 14.2 Å². The molecule has 2 aromatic carbocycles. The van der Waals surface area contributed by atoms with Gasteiger partial charge >= 0.3 is 11.9 Å². The van der Waals surface area contributed by atoms with Crippen LogP contribution in [0.1, 0.15) is 15.9 Å². The Morgan fingerprint density at radius 2 is 1.68 bits per heavy atom. The van der Waals surface area contributed by atoms with E-state index in [0.717, 1.165) is 16.3 Å². The quantitative estimate of drug-likeness (QED) is 0.793. The maximum absolute atomic E-state index is 11.5. The van der Waals surface area contributed by atoms with E-state index in [4.69, 9.17) is 0 Å². The molecule has 0 saturated heterocycles. The Morgan fingerprint density at radius 1 is 0.947 bits per heavy atom. The van der Waals surface area contributed by atoms with Gasteiger partial charge in [-0.2, -0.15) is 0 Å². The van der Waals surface area contributed by atoms with E-state index >= 15 is 0 Å². The summed E-state index contributed by atoms with van der Waals surface area (Å²) in [6.45, 7) is 0. The molecule has 0 aliphatic heterocycles.